The highest BCUT2D eigenvalue weighted by atomic mass is 31.2. The average molecular weight is 358 g/mol. The molecule has 0 amide bonds. The van der Waals surface area contributed by atoms with Crippen LogP contribution in [0, 0.1) is 10.1 Å². The minimum Gasteiger partial charge on any atom is -0.324 e. The van der Waals surface area contributed by atoms with Crippen LogP contribution in [0.5, 0.6) is 0 Å². The minimum atomic E-state index is -4.24. The van der Waals surface area contributed by atoms with E-state index in [1.807, 2.05) is 0 Å². The summed E-state index contributed by atoms with van der Waals surface area (Å²) < 4.78 is 11.1. The lowest BCUT2D eigenvalue weighted by Crippen LogP contribution is -2.30. The Morgan fingerprint density at radius 2 is 1.92 bits per heavy atom. The van der Waals surface area contributed by atoms with E-state index in [1.165, 1.54) is 13.0 Å². The van der Waals surface area contributed by atoms with Gasteiger partial charge in [0, 0.05) is 25.2 Å². The number of hydrogen-bond donors (Lipinski definition) is 5. The van der Waals surface area contributed by atoms with Crippen LogP contribution in [0.4, 0.5) is 5.69 Å². The van der Waals surface area contributed by atoms with Crippen LogP contribution < -0.4 is 16.4 Å². The normalized spacial score (nSPS) is 13.1. The number of H-pyrrole nitrogens is 2. The molecular weight excluding hydrogens is 343 g/mol. The number of fused-ring (bicyclic) bond motifs is 1. The molecule has 11 nitrogen and oxygen atoms in total. The summed E-state index contributed by atoms with van der Waals surface area (Å²) in [5.74, 6) is 0. The average Bonchev–Trinajstić information content (AvgIpc) is 2.47. The molecule has 0 saturated carbocycles. The van der Waals surface area contributed by atoms with Crippen LogP contribution in [-0.2, 0) is 11.1 Å². The summed E-state index contributed by atoms with van der Waals surface area (Å²) in [5, 5.41) is 13.8. The maximum absolute atomic E-state index is 11.5. The number of aromatic nitrogens is 2. The number of nitrogens with one attached hydrogen (secondary N) is 3. The van der Waals surface area contributed by atoms with Crippen molar-refractivity contribution < 1.29 is 19.3 Å². The Morgan fingerprint density at radius 1 is 1.29 bits per heavy atom. The number of aromatic amines is 2. The van der Waals surface area contributed by atoms with Gasteiger partial charge in [-0.25, -0.2) is 0 Å². The highest BCUT2D eigenvalue weighted by Gasteiger charge is 2.23. The van der Waals surface area contributed by atoms with E-state index in [-0.39, 0.29) is 29.8 Å². The zero-order valence-corrected chi connectivity index (χ0v) is 13.4. The van der Waals surface area contributed by atoms with Gasteiger partial charge < -0.3 is 25.1 Å². The molecule has 1 aromatic heterocycles. The fourth-order valence-electron chi connectivity index (χ4n) is 2.06. The summed E-state index contributed by atoms with van der Waals surface area (Å²) >= 11 is 0. The van der Waals surface area contributed by atoms with E-state index in [4.69, 9.17) is 9.79 Å². The Labute approximate surface area is 134 Å². The molecule has 24 heavy (non-hydrogen) atoms. The van der Waals surface area contributed by atoms with E-state index in [0.29, 0.717) is 5.56 Å². The van der Waals surface area contributed by atoms with Crippen molar-refractivity contribution in [2.45, 2.75) is 19.1 Å². The van der Waals surface area contributed by atoms with Gasteiger partial charge in [-0.2, -0.15) is 0 Å². The van der Waals surface area contributed by atoms with E-state index < -0.39 is 29.3 Å². The predicted octanol–water partition coefficient (Wildman–Crippen LogP) is -0.220. The molecule has 2 aromatic rings. The summed E-state index contributed by atoms with van der Waals surface area (Å²) in [6, 6.07) is 2.33. The van der Waals surface area contributed by atoms with Crippen molar-refractivity contribution in [3.05, 3.63) is 48.5 Å². The molecule has 2 rings (SSSR count). The number of nitro benzene ring substituents is 1. The van der Waals surface area contributed by atoms with Gasteiger partial charge >= 0.3 is 18.7 Å². The Hall–Kier alpha value is -2.33. The summed E-state index contributed by atoms with van der Waals surface area (Å²) in [5.41, 5.74) is -2.45. The molecule has 1 aromatic carbocycles. The van der Waals surface area contributed by atoms with E-state index in [0.717, 1.165) is 6.07 Å². The van der Waals surface area contributed by atoms with Gasteiger partial charge in [0.1, 0.15) is 0 Å². The monoisotopic (exact) mass is 358 g/mol. The standard InChI is InChI=1S/C12H15N4O7P/c1-6(24(21,22)23)4-13-5-7-2-8(16(19)20)3-9-10(7)15-12(18)11(17)14-9/h2-3,6,13H,4-5H2,1H3,(H,14,17)(H,15,18)(H2,21,22,23). The maximum atomic E-state index is 11.5. The number of non-ortho nitro benzene ring substituents is 1. The second-order valence-corrected chi connectivity index (χ2v) is 7.32. The molecule has 0 aliphatic rings. The summed E-state index contributed by atoms with van der Waals surface area (Å²) in [7, 11) is -4.24. The van der Waals surface area contributed by atoms with Crippen molar-refractivity contribution in [3.8, 4) is 0 Å². The Bertz CT molecular complexity index is 945. The van der Waals surface area contributed by atoms with Gasteiger partial charge in [0.2, 0.25) is 0 Å². The number of nitro groups is 1. The molecule has 1 atom stereocenters. The molecule has 0 saturated heterocycles. The lowest BCUT2D eigenvalue weighted by molar-refractivity contribution is -0.384. The fraction of sp³-hybridized carbons (Fsp3) is 0.333. The number of hydrogen-bond acceptors (Lipinski definition) is 6. The van der Waals surface area contributed by atoms with Crippen molar-refractivity contribution >= 4 is 24.3 Å². The van der Waals surface area contributed by atoms with Crippen LogP contribution in [0.15, 0.2) is 21.7 Å². The van der Waals surface area contributed by atoms with Crippen LogP contribution in [0.25, 0.3) is 11.0 Å². The molecule has 130 valence electrons. The zero-order valence-electron chi connectivity index (χ0n) is 12.5. The fourth-order valence-corrected chi connectivity index (χ4v) is 2.43. The quantitative estimate of drug-likeness (QED) is 0.203. The van der Waals surface area contributed by atoms with Gasteiger partial charge in [-0.1, -0.05) is 0 Å². The number of benzene rings is 1. The van der Waals surface area contributed by atoms with Crippen molar-refractivity contribution in [2.24, 2.45) is 0 Å². The lowest BCUT2D eigenvalue weighted by atomic mass is 10.1. The molecule has 5 N–H and O–H groups in total. The van der Waals surface area contributed by atoms with Crippen LogP contribution in [0.1, 0.15) is 12.5 Å². The Morgan fingerprint density at radius 3 is 2.50 bits per heavy atom. The summed E-state index contributed by atoms with van der Waals surface area (Å²) in [6.07, 6.45) is 0. The van der Waals surface area contributed by atoms with Gasteiger partial charge in [-0.05, 0) is 12.5 Å². The Kier molecular flexibility index (Phi) is 4.99. The molecule has 0 spiro atoms. The minimum absolute atomic E-state index is 0.00447. The molecule has 0 bridgehead atoms. The summed E-state index contributed by atoms with van der Waals surface area (Å²) in [4.78, 5) is 55.8. The van der Waals surface area contributed by atoms with Crippen LogP contribution in [0.3, 0.4) is 0 Å². The third-order valence-electron chi connectivity index (χ3n) is 3.44. The molecule has 0 fully saturated rings. The predicted molar refractivity (Wildman–Crippen MR) is 85.1 cm³/mol. The summed E-state index contributed by atoms with van der Waals surface area (Å²) in [6.45, 7) is 1.32. The van der Waals surface area contributed by atoms with Crippen molar-refractivity contribution in [3.63, 3.8) is 0 Å². The highest BCUT2D eigenvalue weighted by Crippen LogP contribution is 2.40. The maximum Gasteiger partial charge on any atom is 0.329 e. The first kappa shape index (κ1) is 18.0. The first-order valence-corrected chi connectivity index (χ1v) is 8.47. The SMILES string of the molecule is CC(CNCc1cc([N+](=O)[O-])cc2[nH]c(=O)c(=O)[nH]c12)P(=O)(O)O. The molecule has 1 unspecified atom stereocenters. The van der Waals surface area contributed by atoms with Gasteiger partial charge in [0.25, 0.3) is 5.69 Å². The van der Waals surface area contributed by atoms with Crippen LogP contribution in [0.2, 0.25) is 0 Å². The largest absolute Gasteiger partial charge is 0.329 e. The van der Waals surface area contributed by atoms with Gasteiger partial charge in [0.05, 0.1) is 21.6 Å². The van der Waals surface area contributed by atoms with Gasteiger partial charge in [-0.3, -0.25) is 24.3 Å². The topological polar surface area (TPSA) is 178 Å². The second kappa shape index (κ2) is 6.65. The zero-order chi connectivity index (χ0) is 18.1. The molecule has 0 aliphatic heterocycles. The molecule has 0 aliphatic carbocycles. The number of nitrogens with zero attached hydrogens (tertiary/aromatic N) is 1. The van der Waals surface area contributed by atoms with E-state index >= 15 is 0 Å². The van der Waals surface area contributed by atoms with Gasteiger partial charge in [0.15, 0.2) is 0 Å². The third kappa shape index (κ3) is 3.95. The molecule has 0 radical (unpaired) electrons. The molecular formula is C12H15N4O7P. The van der Waals surface area contributed by atoms with Crippen LogP contribution >= 0.6 is 7.60 Å². The van der Waals surface area contributed by atoms with Crippen LogP contribution in [-0.4, -0.2) is 36.9 Å². The van der Waals surface area contributed by atoms with Crippen molar-refractivity contribution in [1.82, 2.24) is 15.3 Å². The molecule has 1 heterocycles. The van der Waals surface area contributed by atoms with E-state index in [9.17, 15) is 24.3 Å². The van der Waals surface area contributed by atoms with E-state index in [2.05, 4.69) is 15.3 Å². The number of rotatable bonds is 6. The third-order valence-corrected chi connectivity index (χ3v) is 4.77. The van der Waals surface area contributed by atoms with Crippen molar-refractivity contribution in [2.75, 3.05) is 6.54 Å². The smallest absolute Gasteiger partial charge is 0.324 e. The van der Waals surface area contributed by atoms with E-state index in [1.54, 1.807) is 0 Å². The second-order valence-electron chi connectivity index (χ2n) is 5.26. The van der Waals surface area contributed by atoms with Gasteiger partial charge in [-0.15, -0.1) is 0 Å². The molecule has 12 heteroatoms. The van der Waals surface area contributed by atoms with Crippen molar-refractivity contribution in [1.29, 1.82) is 0 Å². The first-order valence-electron chi connectivity index (χ1n) is 6.79. The lowest BCUT2D eigenvalue weighted by Gasteiger charge is -2.14. The Balaban J connectivity index is 2.39. The highest BCUT2D eigenvalue weighted by molar-refractivity contribution is 7.52. The first-order chi connectivity index (χ1) is 11.1.